The summed E-state index contributed by atoms with van der Waals surface area (Å²) in [6.07, 6.45) is 0.373. The van der Waals surface area contributed by atoms with Crippen LogP contribution in [0.2, 0.25) is 0 Å². The van der Waals surface area contributed by atoms with E-state index in [2.05, 4.69) is 5.32 Å². The Bertz CT molecular complexity index is 531. The Hall–Kier alpha value is -2.31. The summed E-state index contributed by atoms with van der Waals surface area (Å²) in [5, 5.41) is 13.9. The minimum Gasteiger partial charge on any atom is -0.493 e. The topological polar surface area (TPSA) is 90.7 Å². The molecule has 1 amide bonds. The number of nitrogens with one attached hydrogen (secondary N) is 1. The fraction of sp³-hybridized carbons (Fsp3) is 0.462. The summed E-state index contributed by atoms with van der Waals surface area (Å²) in [5.74, 6) is 0.693. The van der Waals surface area contributed by atoms with Crippen LogP contribution in [0.5, 0.6) is 11.5 Å². The van der Waals surface area contributed by atoms with Crippen LogP contribution >= 0.6 is 0 Å². The fourth-order valence-corrected chi connectivity index (χ4v) is 2.46. The van der Waals surface area contributed by atoms with Crippen LogP contribution in [0.25, 0.3) is 0 Å². The van der Waals surface area contributed by atoms with E-state index in [1.54, 1.807) is 18.2 Å². The van der Waals surface area contributed by atoms with Crippen LogP contribution in [0.1, 0.15) is 24.4 Å². The third-order valence-electron chi connectivity index (χ3n) is 3.41. The molecule has 7 nitrogen and oxygen atoms in total. The van der Waals surface area contributed by atoms with Gasteiger partial charge in [-0.15, -0.1) is 0 Å². The summed E-state index contributed by atoms with van der Waals surface area (Å²) >= 11 is 0. The molecule has 20 heavy (non-hydrogen) atoms. The lowest BCUT2D eigenvalue weighted by Gasteiger charge is -2.28. The molecule has 0 radical (unpaired) electrons. The van der Waals surface area contributed by atoms with E-state index in [0.29, 0.717) is 17.1 Å². The number of para-hydroxylation sites is 1. The second-order valence-corrected chi connectivity index (χ2v) is 4.52. The fourth-order valence-electron chi connectivity index (χ4n) is 2.46. The Kier molecular flexibility index (Phi) is 4.07. The molecule has 0 spiro atoms. The van der Waals surface area contributed by atoms with E-state index in [0.717, 1.165) is 0 Å². The van der Waals surface area contributed by atoms with Crippen molar-refractivity contribution in [2.45, 2.75) is 24.9 Å². The maximum atomic E-state index is 11.6. The number of carbonyl (C=O) groups is 1. The molecule has 7 heteroatoms. The van der Waals surface area contributed by atoms with Crippen molar-refractivity contribution in [1.29, 1.82) is 0 Å². The number of hydrogen-bond donors (Lipinski definition) is 1. The number of hydrogen-bond acceptors (Lipinski definition) is 5. The van der Waals surface area contributed by atoms with Gasteiger partial charge in [0.2, 0.25) is 11.9 Å². The highest BCUT2D eigenvalue weighted by molar-refractivity contribution is 5.77. The predicted molar refractivity (Wildman–Crippen MR) is 70.4 cm³/mol. The molecule has 2 rings (SSSR count). The van der Waals surface area contributed by atoms with E-state index in [1.165, 1.54) is 14.2 Å². The van der Waals surface area contributed by atoms with Crippen molar-refractivity contribution in [3.63, 3.8) is 0 Å². The summed E-state index contributed by atoms with van der Waals surface area (Å²) in [4.78, 5) is 22.4. The van der Waals surface area contributed by atoms with Gasteiger partial charge in [-0.2, -0.15) is 0 Å². The average molecular weight is 280 g/mol. The van der Waals surface area contributed by atoms with Crippen LogP contribution in [-0.2, 0) is 4.79 Å². The van der Waals surface area contributed by atoms with Crippen molar-refractivity contribution >= 4 is 5.91 Å². The Morgan fingerprint density at radius 3 is 2.70 bits per heavy atom. The molecule has 108 valence electrons. The third kappa shape index (κ3) is 2.52. The highest BCUT2D eigenvalue weighted by atomic mass is 16.6. The molecular formula is C13H16N2O5. The molecule has 1 saturated heterocycles. The van der Waals surface area contributed by atoms with E-state index < -0.39 is 12.1 Å². The normalized spacial score (nSPS) is 22.0. The van der Waals surface area contributed by atoms with Crippen molar-refractivity contribution in [1.82, 2.24) is 5.32 Å². The van der Waals surface area contributed by atoms with Crippen LogP contribution in [0.4, 0.5) is 0 Å². The first kappa shape index (κ1) is 14.1. The molecule has 0 aliphatic carbocycles. The van der Waals surface area contributed by atoms with Crippen molar-refractivity contribution in [3.8, 4) is 11.5 Å². The molecule has 1 aliphatic rings. The lowest BCUT2D eigenvalue weighted by atomic mass is 9.91. The molecule has 0 bridgehead atoms. The Labute approximate surface area is 116 Å². The summed E-state index contributed by atoms with van der Waals surface area (Å²) in [7, 11) is 2.96. The molecule has 0 aromatic heterocycles. The number of benzene rings is 1. The number of methoxy groups -OCH3 is 2. The molecule has 1 aliphatic heterocycles. The molecule has 0 saturated carbocycles. The third-order valence-corrected chi connectivity index (χ3v) is 3.41. The summed E-state index contributed by atoms with van der Waals surface area (Å²) in [6.45, 7) is 0. The molecule has 1 heterocycles. The smallest absolute Gasteiger partial charge is 0.237 e. The quantitative estimate of drug-likeness (QED) is 0.663. The Morgan fingerprint density at radius 2 is 2.10 bits per heavy atom. The van der Waals surface area contributed by atoms with E-state index >= 15 is 0 Å². The second kappa shape index (κ2) is 5.77. The zero-order valence-corrected chi connectivity index (χ0v) is 11.3. The number of rotatable bonds is 4. The Morgan fingerprint density at radius 1 is 1.35 bits per heavy atom. The molecule has 1 aromatic rings. The first-order valence-corrected chi connectivity index (χ1v) is 6.22. The zero-order chi connectivity index (χ0) is 14.7. The number of carbonyl (C=O) groups excluding carboxylic acids is 1. The lowest BCUT2D eigenvalue weighted by molar-refractivity contribution is -0.529. The van der Waals surface area contributed by atoms with Crippen LogP contribution in [-0.4, -0.2) is 31.1 Å². The standard InChI is InChI=1S/C13H16N2O5/c1-19-10-5-3-4-8(13(10)20-2)12-9(15(17)18)6-7-11(16)14-12/h3-5,9,12H,6-7H2,1-2H3,(H,14,16)/t9-,12+/m0/s1. The van der Waals surface area contributed by atoms with Gasteiger partial charge in [-0.1, -0.05) is 12.1 Å². The molecule has 1 N–H and O–H groups in total. The highest BCUT2D eigenvalue weighted by Gasteiger charge is 2.40. The number of amides is 1. The molecule has 2 atom stereocenters. The minimum absolute atomic E-state index is 0.161. The van der Waals surface area contributed by atoms with Crippen LogP contribution in [0.3, 0.4) is 0 Å². The summed E-state index contributed by atoms with van der Waals surface area (Å²) < 4.78 is 10.5. The SMILES string of the molecule is COc1cccc([C@H]2NC(=O)CC[C@@H]2[N+](=O)[O-])c1OC. The van der Waals surface area contributed by atoms with Gasteiger partial charge in [0.05, 0.1) is 14.2 Å². The van der Waals surface area contributed by atoms with Crippen molar-refractivity contribution in [3.05, 3.63) is 33.9 Å². The summed E-state index contributed by atoms with van der Waals surface area (Å²) in [5.41, 5.74) is 0.557. The van der Waals surface area contributed by atoms with Gasteiger partial charge in [0.1, 0.15) is 6.04 Å². The lowest BCUT2D eigenvalue weighted by Crippen LogP contribution is -2.45. The minimum atomic E-state index is -0.867. The van der Waals surface area contributed by atoms with E-state index in [4.69, 9.17) is 9.47 Å². The van der Waals surface area contributed by atoms with E-state index in [1.807, 2.05) is 0 Å². The first-order valence-electron chi connectivity index (χ1n) is 6.22. The highest BCUT2D eigenvalue weighted by Crippen LogP contribution is 2.38. The molecular weight excluding hydrogens is 264 g/mol. The first-order chi connectivity index (χ1) is 9.58. The average Bonchev–Trinajstić information content (AvgIpc) is 2.45. The molecule has 1 aromatic carbocycles. The van der Waals surface area contributed by atoms with E-state index in [9.17, 15) is 14.9 Å². The van der Waals surface area contributed by atoms with Gasteiger partial charge in [-0.3, -0.25) is 14.9 Å². The maximum Gasteiger partial charge on any atom is 0.237 e. The number of nitrogens with zero attached hydrogens (tertiary/aromatic N) is 1. The van der Waals surface area contributed by atoms with Gasteiger partial charge in [0.25, 0.3) is 0 Å². The van der Waals surface area contributed by atoms with Crippen molar-refractivity contribution in [2.24, 2.45) is 0 Å². The van der Waals surface area contributed by atoms with Crippen molar-refractivity contribution in [2.75, 3.05) is 14.2 Å². The van der Waals surface area contributed by atoms with Crippen LogP contribution in [0, 0.1) is 10.1 Å². The van der Waals surface area contributed by atoms with Crippen LogP contribution in [0.15, 0.2) is 18.2 Å². The van der Waals surface area contributed by atoms with Gasteiger partial charge in [0.15, 0.2) is 11.5 Å². The zero-order valence-electron chi connectivity index (χ0n) is 11.3. The van der Waals surface area contributed by atoms with Crippen molar-refractivity contribution < 1.29 is 19.2 Å². The van der Waals surface area contributed by atoms with Gasteiger partial charge in [-0.25, -0.2) is 0 Å². The molecule has 1 fully saturated rings. The monoisotopic (exact) mass is 280 g/mol. The van der Waals surface area contributed by atoms with Crippen LogP contribution < -0.4 is 14.8 Å². The van der Waals surface area contributed by atoms with E-state index in [-0.39, 0.29) is 23.7 Å². The van der Waals surface area contributed by atoms with Gasteiger partial charge >= 0.3 is 0 Å². The maximum absolute atomic E-state index is 11.6. The predicted octanol–water partition coefficient (Wildman–Crippen LogP) is 1.30. The number of piperidine rings is 1. The molecule has 0 unspecified atom stereocenters. The van der Waals surface area contributed by atoms with Gasteiger partial charge in [-0.05, 0) is 6.07 Å². The largest absolute Gasteiger partial charge is 0.493 e. The second-order valence-electron chi connectivity index (χ2n) is 4.52. The number of ether oxygens (including phenoxy) is 2. The summed E-state index contributed by atoms with van der Waals surface area (Å²) in [6, 6.07) is 3.54. The van der Waals surface area contributed by atoms with Gasteiger partial charge < -0.3 is 14.8 Å². The Balaban J connectivity index is 2.46. The van der Waals surface area contributed by atoms with Gasteiger partial charge in [0, 0.05) is 23.3 Å². The number of nitro groups is 1.